The maximum absolute atomic E-state index is 11.6. The van der Waals surface area contributed by atoms with Crippen molar-refractivity contribution in [1.29, 1.82) is 0 Å². The van der Waals surface area contributed by atoms with Gasteiger partial charge in [0.15, 0.2) is 11.2 Å². The molecule has 0 spiro atoms. The number of rotatable bonds is 3. The summed E-state index contributed by atoms with van der Waals surface area (Å²) in [5.74, 6) is -0.372. The Morgan fingerprint density at radius 1 is 1.29 bits per heavy atom. The van der Waals surface area contributed by atoms with Crippen LogP contribution in [0.5, 0.6) is 0 Å². The first-order valence-corrected chi connectivity index (χ1v) is 6.25. The largest absolute Gasteiger partial charge is 0.465 e. The van der Waals surface area contributed by atoms with Gasteiger partial charge in [0.05, 0.1) is 31.9 Å². The average Bonchev–Trinajstić information content (AvgIpc) is 2.92. The molecular formula is C14H12N4O3. The highest BCUT2D eigenvalue weighted by molar-refractivity contribution is 5.89. The lowest BCUT2D eigenvalue weighted by Crippen LogP contribution is -2.08. The van der Waals surface area contributed by atoms with Gasteiger partial charge in [0, 0.05) is 0 Å². The molecule has 1 aromatic carbocycles. The molecule has 0 aliphatic carbocycles. The molecule has 0 amide bonds. The molecule has 0 aliphatic heterocycles. The van der Waals surface area contributed by atoms with Crippen LogP contribution in [0.3, 0.4) is 0 Å². The van der Waals surface area contributed by atoms with Gasteiger partial charge in [-0.1, -0.05) is 12.1 Å². The number of nitrogens with zero attached hydrogens (tertiary/aromatic N) is 3. The maximum atomic E-state index is 11.6. The molecule has 1 N–H and O–H groups in total. The molecule has 106 valence electrons. The third-order valence-electron chi connectivity index (χ3n) is 3.14. The van der Waals surface area contributed by atoms with Crippen LogP contribution < -0.4 is 5.56 Å². The van der Waals surface area contributed by atoms with Gasteiger partial charge in [0.2, 0.25) is 0 Å². The van der Waals surface area contributed by atoms with Crippen LogP contribution in [-0.2, 0) is 11.3 Å². The third kappa shape index (κ3) is 2.40. The first-order chi connectivity index (χ1) is 10.2. The molecule has 0 unspecified atom stereocenters. The lowest BCUT2D eigenvalue weighted by Gasteiger charge is -2.05. The van der Waals surface area contributed by atoms with Crippen molar-refractivity contribution >= 4 is 17.1 Å². The Morgan fingerprint density at radius 3 is 2.76 bits per heavy atom. The van der Waals surface area contributed by atoms with E-state index in [0.717, 1.165) is 5.56 Å². The van der Waals surface area contributed by atoms with Gasteiger partial charge in [-0.15, -0.1) is 0 Å². The molecule has 0 fully saturated rings. The smallest absolute Gasteiger partial charge is 0.337 e. The molecule has 0 aliphatic rings. The van der Waals surface area contributed by atoms with E-state index in [1.165, 1.54) is 13.4 Å². The first-order valence-electron chi connectivity index (χ1n) is 6.25. The van der Waals surface area contributed by atoms with Crippen molar-refractivity contribution in [3.05, 3.63) is 58.4 Å². The number of fused-ring (bicyclic) bond motifs is 1. The van der Waals surface area contributed by atoms with Gasteiger partial charge < -0.3 is 14.3 Å². The predicted molar refractivity (Wildman–Crippen MR) is 75.0 cm³/mol. The number of aromatic amines is 1. The molecule has 2 heterocycles. The normalized spacial score (nSPS) is 10.7. The zero-order valence-corrected chi connectivity index (χ0v) is 11.2. The summed E-state index contributed by atoms with van der Waals surface area (Å²) < 4.78 is 6.43. The molecule has 3 aromatic rings. The number of H-pyrrole nitrogens is 1. The van der Waals surface area contributed by atoms with Crippen LogP contribution in [0, 0.1) is 0 Å². The zero-order chi connectivity index (χ0) is 14.8. The second-order valence-corrected chi connectivity index (χ2v) is 4.46. The number of methoxy groups -OCH3 is 1. The van der Waals surface area contributed by atoms with E-state index in [1.807, 2.05) is 12.1 Å². The van der Waals surface area contributed by atoms with E-state index < -0.39 is 0 Å². The fraction of sp³-hybridized carbons (Fsp3) is 0.143. The predicted octanol–water partition coefficient (Wildman–Crippen LogP) is 0.954. The molecule has 3 rings (SSSR count). The van der Waals surface area contributed by atoms with Gasteiger partial charge in [0.25, 0.3) is 5.56 Å². The van der Waals surface area contributed by atoms with Crippen molar-refractivity contribution in [1.82, 2.24) is 19.5 Å². The lowest BCUT2D eigenvalue weighted by molar-refractivity contribution is 0.0600. The van der Waals surface area contributed by atoms with Crippen LogP contribution in [0.1, 0.15) is 15.9 Å². The molecule has 2 aromatic heterocycles. The van der Waals surface area contributed by atoms with Crippen molar-refractivity contribution in [3.8, 4) is 0 Å². The summed E-state index contributed by atoms with van der Waals surface area (Å²) in [6.45, 7) is 0.508. The van der Waals surface area contributed by atoms with Crippen LogP contribution in [-0.4, -0.2) is 32.6 Å². The van der Waals surface area contributed by atoms with Crippen LogP contribution in [0.25, 0.3) is 11.2 Å². The molecule has 0 bridgehead atoms. The minimum atomic E-state index is -0.372. The number of hydrogen-bond acceptors (Lipinski definition) is 5. The topological polar surface area (TPSA) is 89.9 Å². The van der Waals surface area contributed by atoms with E-state index >= 15 is 0 Å². The monoisotopic (exact) mass is 284 g/mol. The molecule has 0 atom stereocenters. The molecule has 7 heteroatoms. The lowest BCUT2D eigenvalue weighted by atomic mass is 10.1. The number of ether oxygens (including phenoxy) is 1. The van der Waals surface area contributed by atoms with Crippen molar-refractivity contribution < 1.29 is 9.53 Å². The van der Waals surface area contributed by atoms with Crippen LogP contribution in [0.2, 0.25) is 0 Å². The number of hydrogen-bond donors (Lipinski definition) is 1. The fourth-order valence-corrected chi connectivity index (χ4v) is 2.07. The summed E-state index contributed by atoms with van der Waals surface area (Å²) in [4.78, 5) is 33.6. The second-order valence-electron chi connectivity index (χ2n) is 4.46. The molecule has 0 radical (unpaired) electrons. The maximum Gasteiger partial charge on any atom is 0.337 e. The summed E-state index contributed by atoms with van der Waals surface area (Å²) in [7, 11) is 1.34. The molecule has 21 heavy (non-hydrogen) atoms. The number of benzene rings is 1. The summed E-state index contributed by atoms with van der Waals surface area (Å²) >= 11 is 0. The summed E-state index contributed by atoms with van der Waals surface area (Å²) in [5.41, 5.74) is 2.02. The molecule has 7 nitrogen and oxygen atoms in total. The number of carbonyl (C=O) groups excluding carboxylic acids is 1. The first kappa shape index (κ1) is 13.0. The van der Waals surface area contributed by atoms with Gasteiger partial charge in [-0.3, -0.25) is 4.79 Å². The Bertz CT molecular complexity index is 849. The van der Waals surface area contributed by atoms with E-state index in [1.54, 1.807) is 23.0 Å². The molecular weight excluding hydrogens is 272 g/mol. The number of nitrogens with one attached hydrogen (secondary N) is 1. The number of esters is 1. The van der Waals surface area contributed by atoms with E-state index in [0.29, 0.717) is 23.3 Å². The highest BCUT2D eigenvalue weighted by Crippen LogP contribution is 2.10. The van der Waals surface area contributed by atoms with E-state index in [4.69, 9.17) is 0 Å². The van der Waals surface area contributed by atoms with Crippen molar-refractivity contribution in [3.63, 3.8) is 0 Å². The number of carbonyl (C=O) groups is 1. The van der Waals surface area contributed by atoms with Gasteiger partial charge in [-0.05, 0) is 17.7 Å². The van der Waals surface area contributed by atoms with Crippen molar-refractivity contribution in [2.45, 2.75) is 6.54 Å². The Balaban J connectivity index is 1.90. The van der Waals surface area contributed by atoms with E-state index in [9.17, 15) is 9.59 Å². The fourth-order valence-electron chi connectivity index (χ4n) is 2.07. The van der Waals surface area contributed by atoms with Crippen LogP contribution in [0.4, 0.5) is 0 Å². The van der Waals surface area contributed by atoms with E-state index in [2.05, 4.69) is 19.7 Å². The van der Waals surface area contributed by atoms with Gasteiger partial charge >= 0.3 is 5.97 Å². The van der Waals surface area contributed by atoms with Crippen molar-refractivity contribution in [2.24, 2.45) is 0 Å². The standard InChI is InChI=1S/C14H12N4O3/c1-21-14(20)10-4-2-9(3-5-10)6-18-8-17-11-12(18)15-7-16-13(11)19/h2-5,7-8H,6H2,1H3,(H,15,16,19). The quantitative estimate of drug-likeness (QED) is 0.723. The Morgan fingerprint density at radius 2 is 2.05 bits per heavy atom. The van der Waals surface area contributed by atoms with Gasteiger partial charge in [-0.25, -0.2) is 14.8 Å². The minimum Gasteiger partial charge on any atom is -0.465 e. The van der Waals surface area contributed by atoms with Crippen molar-refractivity contribution in [2.75, 3.05) is 7.11 Å². The molecule has 0 saturated heterocycles. The SMILES string of the molecule is COC(=O)c1ccc(Cn2cnc3c(=O)[nH]cnc32)cc1. The third-order valence-corrected chi connectivity index (χ3v) is 3.14. The summed E-state index contributed by atoms with van der Waals surface area (Å²) in [6.07, 6.45) is 2.92. The Hall–Kier alpha value is -2.96. The van der Waals surface area contributed by atoms with Crippen LogP contribution >= 0.6 is 0 Å². The highest BCUT2D eigenvalue weighted by atomic mass is 16.5. The zero-order valence-electron chi connectivity index (χ0n) is 11.2. The second kappa shape index (κ2) is 5.20. The number of aromatic nitrogens is 4. The van der Waals surface area contributed by atoms with Gasteiger partial charge in [-0.2, -0.15) is 0 Å². The molecule has 0 saturated carbocycles. The number of imidazole rings is 1. The Labute approximate surface area is 119 Å². The van der Waals surface area contributed by atoms with E-state index in [-0.39, 0.29) is 11.5 Å². The minimum absolute atomic E-state index is 0.264. The summed E-state index contributed by atoms with van der Waals surface area (Å²) in [5, 5.41) is 0. The van der Waals surface area contributed by atoms with Gasteiger partial charge in [0.1, 0.15) is 0 Å². The Kier molecular flexibility index (Phi) is 3.23. The summed E-state index contributed by atoms with van der Waals surface area (Å²) in [6, 6.07) is 7.04. The average molecular weight is 284 g/mol. The van der Waals surface area contributed by atoms with Crippen LogP contribution in [0.15, 0.2) is 41.7 Å². The highest BCUT2D eigenvalue weighted by Gasteiger charge is 2.08.